The number of hydrogen-bond acceptors (Lipinski definition) is 4. The lowest BCUT2D eigenvalue weighted by atomic mass is 9.97. The number of benzene rings is 2. The summed E-state index contributed by atoms with van der Waals surface area (Å²) >= 11 is 6.57. The number of esters is 1. The van der Waals surface area contributed by atoms with Crippen LogP contribution < -0.4 is 5.56 Å². The molecule has 1 atom stereocenters. The minimum atomic E-state index is -4.80. The van der Waals surface area contributed by atoms with E-state index < -0.39 is 18.8 Å². The Morgan fingerprint density at radius 3 is 2.45 bits per heavy atom. The van der Waals surface area contributed by atoms with Gasteiger partial charge in [-0.3, -0.25) is 9.59 Å². The van der Waals surface area contributed by atoms with Gasteiger partial charge in [0, 0.05) is 28.8 Å². The highest BCUT2D eigenvalue weighted by Gasteiger charge is 2.39. The molecule has 2 heterocycles. The van der Waals surface area contributed by atoms with E-state index in [1.165, 1.54) is 10.6 Å². The van der Waals surface area contributed by atoms with Gasteiger partial charge in [-0.15, -0.1) is 0 Å². The van der Waals surface area contributed by atoms with Crippen molar-refractivity contribution in [2.75, 3.05) is 6.61 Å². The van der Waals surface area contributed by atoms with Gasteiger partial charge < -0.3 is 19.4 Å². The van der Waals surface area contributed by atoms with Crippen molar-refractivity contribution in [3.05, 3.63) is 69.5 Å². The van der Waals surface area contributed by atoms with Gasteiger partial charge in [0.2, 0.25) is 5.56 Å². The Labute approximate surface area is 234 Å². The summed E-state index contributed by atoms with van der Waals surface area (Å²) in [6.07, 6.45) is -2.36. The molecule has 0 aliphatic rings. The largest absolute Gasteiger partial charge is 0.466 e. The number of ether oxygens (including phenoxy) is 1. The van der Waals surface area contributed by atoms with Crippen LogP contribution in [0.25, 0.3) is 33.1 Å². The Morgan fingerprint density at radius 1 is 1.05 bits per heavy atom. The molecule has 40 heavy (non-hydrogen) atoms. The lowest BCUT2D eigenvalue weighted by molar-refractivity contribution is -0.207. The van der Waals surface area contributed by atoms with E-state index in [-0.39, 0.29) is 16.6 Å². The molecular weight excluding hydrogens is 545 g/mol. The van der Waals surface area contributed by atoms with Crippen LogP contribution in [0.4, 0.5) is 13.2 Å². The maximum atomic E-state index is 13.5. The quantitative estimate of drug-likeness (QED) is 0.138. The van der Waals surface area contributed by atoms with Crippen molar-refractivity contribution in [2.24, 2.45) is 0 Å². The number of halogens is 4. The molecule has 0 spiro atoms. The van der Waals surface area contributed by atoms with Gasteiger partial charge in [0.1, 0.15) is 0 Å². The van der Waals surface area contributed by atoms with E-state index >= 15 is 0 Å². The maximum absolute atomic E-state index is 13.5. The van der Waals surface area contributed by atoms with Gasteiger partial charge in [-0.1, -0.05) is 61.2 Å². The molecule has 0 saturated carbocycles. The highest BCUT2D eigenvalue weighted by atomic mass is 35.5. The molecule has 2 aromatic heterocycles. The number of carbonyl (C=O) groups excluding carboxylic acids is 1. The molecule has 2 N–H and O–H groups in total. The number of aryl methyl sites for hydroxylation is 1. The first-order valence-corrected chi connectivity index (χ1v) is 13.8. The molecule has 1 unspecified atom stereocenters. The van der Waals surface area contributed by atoms with Crippen molar-refractivity contribution in [1.29, 1.82) is 0 Å². The number of nitrogens with one attached hydrogen (secondary N) is 1. The minimum absolute atomic E-state index is 0.203. The first-order valence-electron chi connectivity index (χ1n) is 13.4. The predicted molar refractivity (Wildman–Crippen MR) is 151 cm³/mol. The molecule has 0 bridgehead atoms. The van der Waals surface area contributed by atoms with Gasteiger partial charge >= 0.3 is 12.1 Å². The number of carbonyl (C=O) groups is 1. The lowest BCUT2D eigenvalue weighted by Gasteiger charge is -2.19. The van der Waals surface area contributed by atoms with Crippen LogP contribution in [-0.2, 0) is 22.5 Å². The van der Waals surface area contributed by atoms with Crippen molar-refractivity contribution >= 4 is 39.4 Å². The molecule has 2 aromatic carbocycles. The number of aromatic amines is 1. The molecule has 214 valence electrons. The third-order valence-corrected chi connectivity index (χ3v) is 7.28. The van der Waals surface area contributed by atoms with Crippen molar-refractivity contribution in [3.8, 4) is 11.3 Å². The summed E-state index contributed by atoms with van der Waals surface area (Å²) in [6.45, 7) is 1.45. The molecule has 10 heteroatoms. The minimum Gasteiger partial charge on any atom is -0.466 e. The molecule has 4 aromatic rings. The second-order valence-corrected chi connectivity index (χ2v) is 10.2. The van der Waals surface area contributed by atoms with Crippen LogP contribution in [0.5, 0.6) is 0 Å². The standard InChI is InChI=1S/C30H32ClF3N2O4/c1-2-40-26(39)14-10-5-3-4-9-13-20-27-23(16-15-22-28(27)21(31)17-25(38)35-22)36(18-24(37)30(32,33)34)29(20)19-11-7-6-8-12-19/h6-8,11-12,15-17,24,37H,2-5,9-10,13-14,18H2,1H3,(H,35,38). The van der Waals surface area contributed by atoms with Crippen molar-refractivity contribution in [3.63, 3.8) is 0 Å². The molecule has 0 aliphatic heterocycles. The Kier molecular flexibility index (Phi) is 9.58. The number of pyridine rings is 1. The highest BCUT2D eigenvalue weighted by Crippen LogP contribution is 2.41. The average Bonchev–Trinajstić information content (AvgIpc) is 3.20. The topological polar surface area (TPSA) is 84.3 Å². The van der Waals surface area contributed by atoms with Crippen LogP contribution >= 0.6 is 11.6 Å². The summed E-state index contributed by atoms with van der Waals surface area (Å²) in [5.41, 5.74) is 2.70. The summed E-state index contributed by atoms with van der Waals surface area (Å²) in [5.74, 6) is -0.203. The zero-order chi connectivity index (χ0) is 28.9. The number of fused-ring (bicyclic) bond motifs is 3. The van der Waals surface area contributed by atoms with Crippen LogP contribution in [-0.4, -0.2) is 39.5 Å². The van der Waals surface area contributed by atoms with Crippen molar-refractivity contribution in [1.82, 2.24) is 9.55 Å². The van der Waals surface area contributed by atoms with Gasteiger partial charge in [0.15, 0.2) is 6.10 Å². The molecule has 0 aliphatic carbocycles. The fraction of sp³-hybridized carbons (Fsp3) is 0.400. The summed E-state index contributed by atoms with van der Waals surface area (Å²) in [7, 11) is 0. The second-order valence-electron chi connectivity index (χ2n) is 9.80. The summed E-state index contributed by atoms with van der Waals surface area (Å²) < 4.78 is 47.1. The smallest absolute Gasteiger partial charge is 0.416 e. The number of H-pyrrole nitrogens is 1. The molecular formula is C30H32ClF3N2O4. The van der Waals surface area contributed by atoms with Gasteiger partial charge in [0.25, 0.3) is 0 Å². The lowest BCUT2D eigenvalue weighted by Crippen LogP contribution is -2.33. The van der Waals surface area contributed by atoms with Crippen molar-refractivity contribution < 1.29 is 27.8 Å². The molecule has 4 rings (SSSR count). The summed E-state index contributed by atoms with van der Waals surface area (Å²) in [5, 5.41) is 11.5. The third kappa shape index (κ3) is 6.70. The number of unbranched alkanes of at least 4 members (excludes halogenated alkanes) is 4. The van der Waals surface area contributed by atoms with E-state index in [1.54, 1.807) is 19.1 Å². The first-order chi connectivity index (χ1) is 19.1. The number of nitrogens with zero attached hydrogens (tertiary/aromatic N) is 1. The van der Waals surface area contributed by atoms with Crippen LogP contribution in [0, 0.1) is 0 Å². The van der Waals surface area contributed by atoms with Crippen LogP contribution in [0.2, 0.25) is 5.02 Å². The Bertz CT molecular complexity index is 1530. The first kappa shape index (κ1) is 29.7. The normalized spacial score (nSPS) is 12.8. The van der Waals surface area contributed by atoms with E-state index in [4.69, 9.17) is 16.3 Å². The van der Waals surface area contributed by atoms with Gasteiger partial charge in [-0.2, -0.15) is 13.2 Å². The SMILES string of the molecule is CCOC(=O)CCCCCCCc1c(-c2ccccc2)n(CC(O)C(F)(F)F)c2ccc3[nH]c(=O)cc(Cl)c3c12. The van der Waals surface area contributed by atoms with Gasteiger partial charge in [-0.25, -0.2) is 0 Å². The van der Waals surface area contributed by atoms with Crippen molar-refractivity contribution in [2.45, 2.75) is 70.7 Å². The number of aromatic nitrogens is 2. The van der Waals surface area contributed by atoms with E-state index in [0.29, 0.717) is 52.5 Å². The predicted octanol–water partition coefficient (Wildman–Crippen LogP) is 7.17. The molecule has 6 nitrogen and oxygen atoms in total. The monoisotopic (exact) mass is 576 g/mol. The average molecular weight is 577 g/mol. The van der Waals surface area contributed by atoms with Crippen LogP contribution in [0.3, 0.4) is 0 Å². The highest BCUT2D eigenvalue weighted by molar-refractivity contribution is 6.37. The number of alkyl halides is 3. The van der Waals surface area contributed by atoms with Gasteiger partial charge in [-0.05, 0) is 49.4 Å². The van der Waals surface area contributed by atoms with E-state index in [2.05, 4.69) is 4.98 Å². The van der Waals surface area contributed by atoms with Crippen LogP contribution in [0.15, 0.2) is 53.3 Å². The zero-order valence-electron chi connectivity index (χ0n) is 22.2. The van der Waals surface area contributed by atoms with Gasteiger partial charge in [0.05, 0.1) is 29.4 Å². The molecule has 0 fully saturated rings. The Hall–Kier alpha value is -3.30. The van der Waals surface area contributed by atoms with E-state index in [1.807, 2.05) is 30.3 Å². The Morgan fingerprint density at radius 2 is 1.75 bits per heavy atom. The molecule has 0 radical (unpaired) electrons. The fourth-order valence-electron chi connectivity index (χ4n) is 5.20. The third-order valence-electron chi connectivity index (χ3n) is 6.98. The maximum Gasteiger partial charge on any atom is 0.416 e. The number of aliphatic hydroxyl groups excluding tert-OH is 1. The van der Waals surface area contributed by atoms with E-state index in [0.717, 1.165) is 37.7 Å². The zero-order valence-corrected chi connectivity index (χ0v) is 22.9. The molecule has 0 amide bonds. The number of rotatable bonds is 12. The van der Waals surface area contributed by atoms with Crippen LogP contribution in [0.1, 0.15) is 51.0 Å². The second kappa shape index (κ2) is 12.9. The fourth-order valence-corrected chi connectivity index (χ4v) is 5.50. The summed E-state index contributed by atoms with van der Waals surface area (Å²) in [4.78, 5) is 26.5. The van der Waals surface area contributed by atoms with E-state index in [9.17, 15) is 27.9 Å². The Balaban J connectivity index is 1.76. The summed E-state index contributed by atoms with van der Waals surface area (Å²) in [6, 6.07) is 13.7. The number of hydrogen-bond donors (Lipinski definition) is 2. The molecule has 0 saturated heterocycles. The number of aliphatic hydroxyl groups is 1.